The van der Waals surface area contributed by atoms with E-state index in [1.54, 1.807) is 22.8 Å². The molecule has 0 aliphatic heterocycles. The Balaban J connectivity index is 2.03. The maximum Gasteiger partial charge on any atom is 0.225 e. The van der Waals surface area contributed by atoms with Gasteiger partial charge in [-0.25, -0.2) is 4.39 Å². The minimum atomic E-state index is -0.267. The van der Waals surface area contributed by atoms with E-state index in [9.17, 15) is 4.39 Å². The van der Waals surface area contributed by atoms with Crippen LogP contribution in [-0.2, 0) is 6.54 Å². The van der Waals surface area contributed by atoms with Crippen LogP contribution < -0.4 is 0 Å². The van der Waals surface area contributed by atoms with Crippen LogP contribution in [0.5, 0.6) is 0 Å². The van der Waals surface area contributed by atoms with Gasteiger partial charge in [-0.05, 0) is 17.7 Å². The average molecular weight is 288 g/mol. The zero-order valence-electron chi connectivity index (χ0n) is 10.5. The summed E-state index contributed by atoms with van der Waals surface area (Å²) in [5.74, 6) is 0.357. The maximum absolute atomic E-state index is 13.8. The van der Waals surface area contributed by atoms with Crippen molar-refractivity contribution in [3.8, 4) is 11.4 Å². The molecule has 0 aliphatic carbocycles. The monoisotopic (exact) mass is 287 g/mol. The molecule has 3 rings (SSSR count). The summed E-state index contributed by atoms with van der Waals surface area (Å²) < 4.78 is 15.4. The van der Waals surface area contributed by atoms with Gasteiger partial charge in [0.25, 0.3) is 0 Å². The predicted octanol–water partition coefficient (Wildman–Crippen LogP) is 3.79. The maximum atomic E-state index is 13.8. The third-order valence-corrected chi connectivity index (χ3v) is 3.30. The van der Waals surface area contributed by atoms with Crippen molar-refractivity contribution < 1.29 is 4.39 Å². The first kappa shape index (κ1) is 12.8. The van der Waals surface area contributed by atoms with Gasteiger partial charge in [0, 0.05) is 11.1 Å². The van der Waals surface area contributed by atoms with E-state index in [-0.39, 0.29) is 11.1 Å². The molecule has 0 saturated heterocycles. The second-order valence-corrected chi connectivity index (χ2v) is 4.67. The van der Waals surface area contributed by atoms with Crippen LogP contribution in [0.4, 0.5) is 4.39 Å². The van der Waals surface area contributed by atoms with Gasteiger partial charge in [-0.15, -0.1) is 10.2 Å². The van der Waals surface area contributed by atoms with Crippen molar-refractivity contribution in [1.29, 1.82) is 0 Å². The van der Waals surface area contributed by atoms with Crippen molar-refractivity contribution in [2.75, 3.05) is 0 Å². The van der Waals surface area contributed by atoms with Gasteiger partial charge < -0.3 is 0 Å². The van der Waals surface area contributed by atoms with Gasteiger partial charge in [-0.3, -0.25) is 4.57 Å². The van der Waals surface area contributed by atoms with Crippen LogP contribution in [-0.4, -0.2) is 14.8 Å². The highest BCUT2D eigenvalue weighted by Crippen LogP contribution is 2.22. The molecule has 0 atom stereocenters. The molecule has 0 unspecified atom stereocenters. The van der Waals surface area contributed by atoms with Crippen LogP contribution in [0.3, 0.4) is 0 Å². The third kappa shape index (κ3) is 2.42. The zero-order valence-corrected chi connectivity index (χ0v) is 11.3. The van der Waals surface area contributed by atoms with Gasteiger partial charge in [-0.1, -0.05) is 48.5 Å². The first-order chi connectivity index (χ1) is 9.75. The number of nitrogens with zero attached hydrogens (tertiary/aromatic N) is 3. The van der Waals surface area contributed by atoms with Crippen molar-refractivity contribution in [3.05, 3.63) is 71.3 Å². The normalized spacial score (nSPS) is 10.7. The molecule has 2 aromatic carbocycles. The van der Waals surface area contributed by atoms with E-state index in [0.29, 0.717) is 17.9 Å². The molecule has 0 N–H and O–H groups in total. The summed E-state index contributed by atoms with van der Waals surface area (Å²) in [6.45, 7) is 0.294. The van der Waals surface area contributed by atoms with Crippen LogP contribution in [0.15, 0.2) is 54.6 Å². The molecule has 0 fully saturated rings. The van der Waals surface area contributed by atoms with E-state index >= 15 is 0 Å². The summed E-state index contributed by atoms with van der Waals surface area (Å²) in [4.78, 5) is 0. The van der Waals surface area contributed by atoms with Crippen molar-refractivity contribution in [3.63, 3.8) is 0 Å². The Morgan fingerprint density at radius 3 is 2.40 bits per heavy atom. The van der Waals surface area contributed by atoms with Crippen LogP contribution in [0.1, 0.15) is 5.56 Å². The molecule has 3 nitrogen and oxygen atoms in total. The molecule has 0 bridgehead atoms. The van der Waals surface area contributed by atoms with E-state index in [1.807, 2.05) is 30.3 Å². The summed E-state index contributed by atoms with van der Waals surface area (Å²) >= 11 is 6.06. The lowest BCUT2D eigenvalue weighted by Crippen LogP contribution is -2.04. The second kappa shape index (κ2) is 5.43. The lowest BCUT2D eigenvalue weighted by atomic mass is 10.2. The summed E-state index contributed by atoms with van der Waals surface area (Å²) in [5.41, 5.74) is 1.44. The fourth-order valence-corrected chi connectivity index (χ4v) is 2.20. The molecule has 0 spiro atoms. The Bertz CT molecular complexity index is 725. The Morgan fingerprint density at radius 2 is 1.65 bits per heavy atom. The molecular formula is C15H11ClFN3. The van der Waals surface area contributed by atoms with Gasteiger partial charge in [0.2, 0.25) is 5.28 Å². The highest BCUT2D eigenvalue weighted by molar-refractivity contribution is 6.28. The van der Waals surface area contributed by atoms with E-state index in [4.69, 9.17) is 11.6 Å². The molecule has 3 aromatic rings. The number of hydrogen-bond acceptors (Lipinski definition) is 2. The Labute approximate surface area is 120 Å². The molecule has 20 heavy (non-hydrogen) atoms. The van der Waals surface area contributed by atoms with Gasteiger partial charge in [-0.2, -0.15) is 0 Å². The van der Waals surface area contributed by atoms with Gasteiger partial charge in [0.05, 0.1) is 6.54 Å². The van der Waals surface area contributed by atoms with Gasteiger partial charge in [0.1, 0.15) is 5.82 Å². The quantitative estimate of drug-likeness (QED) is 0.734. The second-order valence-electron chi connectivity index (χ2n) is 4.34. The van der Waals surface area contributed by atoms with Crippen LogP contribution in [0, 0.1) is 5.82 Å². The van der Waals surface area contributed by atoms with E-state index in [2.05, 4.69) is 10.2 Å². The third-order valence-electron chi connectivity index (χ3n) is 3.02. The molecule has 0 amide bonds. The van der Waals surface area contributed by atoms with Crippen LogP contribution in [0.25, 0.3) is 11.4 Å². The van der Waals surface area contributed by atoms with Crippen molar-refractivity contribution >= 4 is 11.6 Å². The van der Waals surface area contributed by atoms with Crippen molar-refractivity contribution in [2.24, 2.45) is 0 Å². The highest BCUT2D eigenvalue weighted by Gasteiger charge is 2.13. The smallest absolute Gasteiger partial charge is 0.225 e. The number of aromatic nitrogens is 3. The van der Waals surface area contributed by atoms with Crippen LogP contribution in [0.2, 0.25) is 5.28 Å². The molecule has 0 saturated carbocycles. The SMILES string of the molecule is Fc1ccccc1Cn1c(Cl)nnc1-c1ccccc1. The molecule has 5 heteroatoms. The van der Waals surface area contributed by atoms with E-state index in [1.165, 1.54) is 6.07 Å². The molecule has 0 aliphatic rings. The van der Waals surface area contributed by atoms with Gasteiger partial charge in [0.15, 0.2) is 5.82 Å². The molecule has 1 aromatic heterocycles. The predicted molar refractivity (Wildman–Crippen MR) is 76.0 cm³/mol. The Morgan fingerprint density at radius 1 is 0.950 bits per heavy atom. The lowest BCUT2D eigenvalue weighted by Gasteiger charge is -2.08. The molecule has 1 heterocycles. The lowest BCUT2D eigenvalue weighted by molar-refractivity contribution is 0.600. The molecular weight excluding hydrogens is 277 g/mol. The Kier molecular flexibility index (Phi) is 3.48. The summed E-state index contributed by atoms with van der Waals surface area (Å²) in [7, 11) is 0. The van der Waals surface area contributed by atoms with E-state index < -0.39 is 0 Å². The average Bonchev–Trinajstić information content (AvgIpc) is 2.84. The zero-order chi connectivity index (χ0) is 13.9. The van der Waals surface area contributed by atoms with Crippen molar-refractivity contribution in [1.82, 2.24) is 14.8 Å². The Hall–Kier alpha value is -2.20. The summed E-state index contributed by atoms with van der Waals surface area (Å²) in [6.07, 6.45) is 0. The minimum Gasteiger partial charge on any atom is -0.293 e. The van der Waals surface area contributed by atoms with Crippen molar-refractivity contribution in [2.45, 2.75) is 6.54 Å². The summed E-state index contributed by atoms with van der Waals surface area (Å²) in [5, 5.41) is 8.19. The fourth-order valence-electron chi connectivity index (χ4n) is 2.02. The molecule has 100 valence electrons. The summed E-state index contributed by atoms with van der Waals surface area (Å²) in [6, 6.07) is 16.2. The van der Waals surface area contributed by atoms with E-state index in [0.717, 1.165) is 5.56 Å². The minimum absolute atomic E-state index is 0.243. The number of halogens is 2. The standard InChI is InChI=1S/C15H11ClFN3/c16-15-19-18-14(11-6-2-1-3-7-11)20(15)10-12-8-4-5-9-13(12)17/h1-9H,10H2. The van der Waals surface area contributed by atoms with Gasteiger partial charge >= 0.3 is 0 Å². The largest absolute Gasteiger partial charge is 0.293 e. The number of rotatable bonds is 3. The van der Waals surface area contributed by atoms with Crippen LogP contribution >= 0.6 is 11.6 Å². The highest BCUT2D eigenvalue weighted by atomic mass is 35.5. The molecule has 0 radical (unpaired) electrons. The number of hydrogen-bond donors (Lipinski definition) is 0. The first-order valence-corrected chi connectivity index (χ1v) is 6.51. The topological polar surface area (TPSA) is 30.7 Å². The first-order valence-electron chi connectivity index (χ1n) is 6.13. The fraction of sp³-hybridized carbons (Fsp3) is 0.0667. The number of benzene rings is 2.